The maximum absolute atomic E-state index is 12.9. The first-order valence-corrected chi connectivity index (χ1v) is 10.1. The molecule has 0 radical (unpaired) electrons. The quantitative estimate of drug-likeness (QED) is 0.275. The number of nitrogens with zero attached hydrogens (tertiary/aromatic N) is 1. The molecule has 0 unspecified atom stereocenters. The highest BCUT2D eigenvalue weighted by Crippen LogP contribution is 2.39. The fourth-order valence-electron chi connectivity index (χ4n) is 3.73. The van der Waals surface area contributed by atoms with E-state index in [1.165, 1.54) is 4.90 Å². The molecule has 0 aliphatic carbocycles. The molecule has 1 amide bonds. The van der Waals surface area contributed by atoms with E-state index in [0.717, 1.165) is 0 Å². The van der Waals surface area contributed by atoms with Crippen molar-refractivity contribution in [3.63, 3.8) is 0 Å². The number of Topliss-reactive ketones (excluding diaryl/α,β-unsaturated/α-hetero) is 1. The minimum atomic E-state index is -0.860. The van der Waals surface area contributed by atoms with Gasteiger partial charge < -0.3 is 19.8 Å². The first-order valence-electron chi connectivity index (χ1n) is 10.1. The van der Waals surface area contributed by atoms with Gasteiger partial charge in [-0.15, -0.1) is 0 Å². The number of rotatable bonds is 9. The highest BCUT2D eigenvalue weighted by molar-refractivity contribution is 6.46. The molecule has 1 atom stereocenters. The maximum atomic E-state index is 12.9. The summed E-state index contributed by atoms with van der Waals surface area (Å²) in [6.45, 7) is 0.284. The molecule has 0 aromatic heterocycles. The molecule has 2 N–H and O–H groups in total. The summed E-state index contributed by atoms with van der Waals surface area (Å²) in [5.41, 5.74) is 1.19. The third-order valence-electron chi connectivity index (χ3n) is 5.31. The van der Waals surface area contributed by atoms with E-state index < -0.39 is 23.7 Å². The molecule has 31 heavy (non-hydrogen) atoms. The number of benzene rings is 2. The van der Waals surface area contributed by atoms with E-state index in [9.17, 15) is 19.5 Å². The lowest BCUT2D eigenvalue weighted by Crippen LogP contribution is -2.30. The number of unbranched alkanes of at least 4 members (excludes halogenated alkanes) is 2. The Morgan fingerprint density at radius 2 is 1.65 bits per heavy atom. The summed E-state index contributed by atoms with van der Waals surface area (Å²) in [6, 6.07) is 14.9. The van der Waals surface area contributed by atoms with Crippen LogP contribution in [-0.4, -0.2) is 46.4 Å². The number of ether oxygens (including phenoxy) is 1. The SMILES string of the molecule is COc1ccc([C@@H]2C(=C(O)c3ccccc3)C(=O)C(=O)N2CCCCCC(=O)O)cc1. The van der Waals surface area contributed by atoms with Gasteiger partial charge in [-0.05, 0) is 30.5 Å². The molecular weight excluding hydrogens is 398 g/mol. The van der Waals surface area contributed by atoms with Gasteiger partial charge in [0.25, 0.3) is 11.7 Å². The standard InChI is InChI=1S/C24H25NO6/c1-31-18-13-11-16(12-14-18)21-20(22(28)17-8-4-2-5-9-17)23(29)24(30)25(21)15-7-3-6-10-19(26)27/h2,4-5,8-9,11-14,21,28H,3,6-7,10,15H2,1H3,(H,26,27)/t21-/m1/s1. The Balaban J connectivity index is 1.96. The van der Waals surface area contributed by atoms with Crippen molar-refractivity contribution in [2.24, 2.45) is 0 Å². The third-order valence-corrected chi connectivity index (χ3v) is 5.31. The molecule has 7 nitrogen and oxygen atoms in total. The fourth-order valence-corrected chi connectivity index (χ4v) is 3.73. The second-order valence-corrected chi connectivity index (χ2v) is 7.34. The van der Waals surface area contributed by atoms with Crippen molar-refractivity contribution >= 4 is 23.4 Å². The molecule has 3 rings (SSSR count). The van der Waals surface area contributed by atoms with Gasteiger partial charge >= 0.3 is 5.97 Å². The van der Waals surface area contributed by atoms with E-state index in [2.05, 4.69) is 0 Å². The van der Waals surface area contributed by atoms with Gasteiger partial charge in [0.1, 0.15) is 11.5 Å². The Bertz CT molecular complexity index is 981. The van der Waals surface area contributed by atoms with E-state index in [0.29, 0.717) is 36.1 Å². The van der Waals surface area contributed by atoms with Crippen molar-refractivity contribution in [1.82, 2.24) is 4.90 Å². The molecule has 1 aliphatic heterocycles. The van der Waals surface area contributed by atoms with Gasteiger partial charge in [-0.2, -0.15) is 0 Å². The predicted octanol–water partition coefficient (Wildman–Crippen LogP) is 3.76. The van der Waals surface area contributed by atoms with Crippen LogP contribution < -0.4 is 4.74 Å². The summed E-state index contributed by atoms with van der Waals surface area (Å²) >= 11 is 0. The van der Waals surface area contributed by atoms with E-state index in [-0.39, 0.29) is 24.3 Å². The molecular formula is C24H25NO6. The van der Waals surface area contributed by atoms with Crippen molar-refractivity contribution in [1.29, 1.82) is 0 Å². The van der Waals surface area contributed by atoms with Gasteiger partial charge in [-0.25, -0.2) is 0 Å². The van der Waals surface area contributed by atoms with Crippen molar-refractivity contribution < 1.29 is 29.3 Å². The number of carbonyl (C=O) groups is 3. The largest absolute Gasteiger partial charge is 0.507 e. The summed E-state index contributed by atoms with van der Waals surface area (Å²) in [5.74, 6) is -1.84. The number of carboxylic acid groups (broad SMARTS) is 1. The topological polar surface area (TPSA) is 104 Å². The van der Waals surface area contributed by atoms with Crippen molar-refractivity contribution in [2.75, 3.05) is 13.7 Å². The molecule has 2 aromatic carbocycles. The number of hydrogen-bond donors (Lipinski definition) is 2. The van der Waals surface area contributed by atoms with Crippen LogP contribution in [0.15, 0.2) is 60.2 Å². The van der Waals surface area contributed by atoms with Crippen LogP contribution in [0.1, 0.15) is 42.9 Å². The first-order chi connectivity index (χ1) is 14.9. The summed E-state index contributed by atoms with van der Waals surface area (Å²) in [6.07, 6.45) is 1.73. The molecule has 1 fully saturated rings. The van der Waals surface area contributed by atoms with E-state index in [4.69, 9.17) is 9.84 Å². The normalized spacial score (nSPS) is 17.7. The molecule has 0 spiro atoms. The lowest BCUT2D eigenvalue weighted by molar-refractivity contribution is -0.140. The van der Waals surface area contributed by atoms with Crippen molar-refractivity contribution in [2.45, 2.75) is 31.7 Å². The second kappa shape index (κ2) is 9.93. The van der Waals surface area contributed by atoms with Crippen LogP contribution in [0.4, 0.5) is 0 Å². The van der Waals surface area contributed by atoms with Gasteiger partial charge in [0.15, 0.2) is 0 Å². The molecule has 0 bridgehead atoms. The van der Waals surface area contributed by atoms with Gasteiger partial charge in [0, 0.05) is 18.5 Å². The number of hydrogen-bond acceptors (Lipinski definition) is 5. The number of aliphatic hydroxyl groups is 1. The lowest BCUT2D eigenvalue weighted by Gasteiger charge is -2.25. The van der Waals surface area contributed by atoms with Crippen molar-refractivity contribution in [3.05, 3.63) is 71.3 Å². The number of aliphatic hydroxyl groups excluding tert-OH is 1. The van der Waals surface area contributed by atoms with Crippen molar-refractivity contribution in [3.8, 4) is 5.75 Å². The van der Waals surface area contributed by atoms with Crippen LogP contribution in [0, 0.1) is 0 Å². The van der Waals surface area contributed by atoms with Gasteiger partial charge in [-0.3, -0.25) is 14.4 Å². The second-order valence-electron chi connectivity index (χ2n) is 7.34. The third kappa shape index (κ3) is 4.94. The van der Waals surface area contributed by atoms with Crippen LogP contribution in [0.3, 0.4) is 0 Å². The molecule has 1 aliphatic rings. The Hall–Kier alpha value is -3.61. The Kier molecular flexibility index (Phi) is 7.07. The number of aliphatic carboxylic acids is 1. The number of likely N-dealkylation sites (tertiary alicyclic amines) is 1. The van der Waals surface area contributed by atoms with E-state index >= 15 is 0 Å². The number of methoxy groups -OCH3 is 1. The predicted molar refractivity (Wildman–Crippen MR) is 115 cm³/mol. The molecule has 2 aromatic rings. The van der Waals surface area contributed by atoms with Gasteiger partial charge in [0.2, 0.25) is 0 Å². The van der Waals surface area contributed by atoms with Crippen LogP contribution in [0.25, 0.3) is 5.76 Å². The van der Waals surface area contributed by atoms with Gasteiger partial charge in [-0.1, -0.05) is 48.9 Å². The van der Waals surface area contributed by atoms with Crippen LogP contribution in [-0.2, 0) is 14.4 Å². The number of amides is 1. The zero-order valence-corrected chi connectivity index (χ0v) is 17.3. The zero-order valence-electron chi connectivity index (χ0n) is 17.3. The monoisotopic (exact) mass is 423 g/mol. The number of carbonyl (C=O) groups excluding carboxylic acids is 2. The van der Waals surface area contributed by atoms with Gasteiger partial charge in [0.05, 0.1) is 18.7 Å². The van der Waals surface area contributed by atoms with Crippen LogP contribution >= 0.6 is 0 Å². The minimum absolute atomic E-state index is 0.0481. The first kappa shape index (κ1) is 22.1. The average Bonchev–Trinajstić information content (AvgIpc) is 3.03. The number of ketones is 1. The molecule has 7 heteroatoms. The van der Waals surface area contributed by atoms with E-state index in [1.54, 1.807) is 61.7 Å². The van der Waals surface area contributed by atoms with Crippen LogP contribution in [0.2, 0.25) is 0 Å². The summed E-state index contributed by atoms with van der Waals surface area (Å²) in [7, 11) is 1.55. The smallest absolute Gasteiger partial charge is 0.303 e. The zero-order chi connectivity index (χ0) is 22.4. The summed E-state index contributed by atoms with van der Waals surface area (Å²) in [5, 5.41) is 19.7. The Morgan fingerprint density at radius 1 is 0.968 bits per heavy atom. The highest BCUT2D eigenvalue weighted by Gasteiger charge is 2.45. The molecule has 1 heterocycles. The molecule has 162 valence electrons. The summed E-state index contributed by atoms with van der Waals surface area (Å²) < 4.78 is 5.20. The van der Waals surface area contributed by atoms with Crippen LogP contribution in [0.5, 0.6) is 5.75 Å². The highest BCUT2D eigenvalue weighted by atomic mass is 16.5. The molecule has 0 saturated carbocycles. The Labute approximate surface area is 180 Å². The Morgan fingerprint density at radius 3 is 2.26 bits per heavy atom. The van der Waals surface area contributed by atoms with E-state index in [1.807, 2.05) is 0 Å². The average molecular weight is 423 g/mol. The lowest BCUT2D eigenvalue weighted by atomic mass is 9.95. The minimum Gasteiger partial charge on any atom is -0.507 e. The summed E-state index contributed by atoms with van der Waals surface area (Å²) in [4.78, 5) is 37.9. The molecule has 1 saturated heterocycles. The maximum Gasteiger partial charge on any atom is 0.303 e. The number of carboxylic acids is 1. The fraction of sp³-hybridized carbons (Fsp3) is 0.292.